The summed E-state index contributed by atoms with van der Waals surface area (Å²) < 4.78 is 5.48. The summed E-state index contributed by atoms with van der Waals surface area (Å²) in [5, 5.41) is 9.78. The van der Waals surface area contributed by atoms with Crippen molar-refractivity contribution in [3.63, 3.8) is 0 Å². The van der Waals surface area contributed by atoms with Crippen LogP contribution in [0.15, 0.2) is 18.2 Å². The van der Waals surface area contributed by atoms with Crippen LogP contribution in [-0.4, -0.2) is 29.2 Å². The zero-order valence-corrected chi connectivity index (χ0v) is 12.3. The second-order valence-electron chi connectivity index (χ2n) is 6.11. The highest BCUT2D eigenvalue weighted by Gasteiger charge is 2.35. The molecular weight excluding hydrogens is 250 g/mol. The molecule has 0 bridgehead atoms. The van der Waals surface area contributed by atoms with E-state index in [1.165, 1.54) is 44.2 Å². The molecule has 2 fully saturated rings. The number of aromatic hydroxyl groups is 1. The van der Waals surface area contributed by atoms with Crippen LogP contribution < -0.4 is 4.74 Å². The lowest BCUT2D eigenvalue weighted by molar-refractivity contribution is 0.175. The first-order valence-corrected chi connectivity index (χ1v) is 7.96. The van der Waals surface area contributed by atoms with E-state index in [1.54, 1.807) is 6.07 Å². The molecule has 110 valence electrons. The van der Waals surface area contributed by atoms with Crippen molar-refractivity contribution < 1.29 is 9.84 Å². The fourth-order valence-electron chi connectivity index (χ4n) is 3.86. The molecule has 3 rings (SSSR count). The molecule has 1 aromatic rings. The summed E-state index contributed by atoms with van der Waals surface area (Å²) in [7, 11) is 0. The second-order valence-corrected chi connectivity index (χ2v) is 6.11. The molecule has 2 atom stereocenters. The summed E-state index contributed by atoms with van der Waals surface area (Å²) in [5.41, 5.74) is 1.25. The standard InChI is InChI=1S/C17H25NO2/c1-2-20-17-11-13(7-8-16(17)19)12-18-10-9-14-5-3-4-6-15(14)18/h7-8,11,14-15,19H,2-6,9-10,12H2,1H3. The summed E-state index contributed by atoms with van der Waals surface area (Å²) in [6.07, 6.45) is 6.95. The van der Waals surface area contributed by atoms with Crippen molar-refractivity contribution in [1.82, 2.24) is 4.90 Å². The molecule has 2 unspecified atom stereocenters. The van der Waals surface area contributed by atoms with E-state index in [2.05, 4.69) is 4.90 Å². The van der Waals surface area contributed by atoms with Crippen LogP contribution in [0.2, 0.25) is 0 Å². The number of phenols is 1. The molecule has 0 spiro atoms. The third-order valence-electron chi connectivity index (χ3n) is 4.83. The Kier molecular flexibility index (Phi) is 4.16. The SMILES string of the molecule is CCOc1cc(CN2CCC3CCCCC32)ccc1O. The van der Waals surface area contributed by atoms with Crippen molar-refractivity contribution in [2.75, 3.05) is 13.2 Å². The van der Waals surface area contributed by atoms with Crippen molar-refractivity contribution in [2.24, 2.45) is 5.92 Å². The molecule has 0 amide bonds. The normalized spacial score (nSPS) is 26.4. The van der Waals surface area contributed by atoms with Gasteiger partial charge in [0.1, 0.15) is 0 Å². The van der Waals surface area contributed by atoms with E-state index >= 15 is 0 Å². The van der Waals surface area contributed by atoms with Crippen LogP contribution in [0.5, 0.6) is 11.5 Å². The van der Waals surface area contributed by atoms with Crippen LogP contribution >= 0.6 is 0 Å². The predicted octanol–water partition coefficient (Wildman–Crippen LogP) is 3.56. The van der Waals surface area contributed by atoms with E-state index < -0.39 is 0 Å². The molecule has 1 saturated heterocycles. The van der Waals surface area contributed by atoms with Crippen molar-refractivity contribution >= 4 is 0 Å². The van der Waals surface area contributed by atoms with Gasteiger partial charge in [0, 0.05) is 12.6 Å². The van der Waals surface area contributed by atoms with Crippen LogP contribution in [0.4, 0.5) is 0 Å². The molecule has 1 heterocycles. The molecule has 3 nitrogen and oxygen atoms in total. The first-order chi connectivity index (χ1) is 9.78. The van der Waals surface area contributed by atoms with Crippen LogP contribution in [0, 0.1) is 5.92 Å². The van der Waals surface area contributed by atoms with Crippen LogP contribution in [0.25, 0.3) is 0 Å². The highest BCUT2D eigenvalue weighted by atomic mass is 16.5. The van der Waals surface area contributed by atoms with Crippen LogP contribution in [0.3, 0.4) is 0 Å². The highest BCUT2D eigenvalue weighted by molar-refractivity contribution is 5.41. The number of fused-ring (bicyclic) bond motifs is 1. The molecule has 2 aliphatic rings. The second kappa shape index (κ2) is 6.04. The van der Waals surface area contributed by atoms with E-state index in [9.17, 15) is 5.11 Å². The Labute approximate surface area is 121 Å². The molecule has 1 aromatic carbocycles. The van der Waals surface area contributed by atoms with Gasteiger partial charge in [-0.1, -0.05) is 18.9 Å². The van der Waals surface area contributed by atoms with E-state index in [-0.39, 0.29) is 5.75 Å². The Balaban J connectivity index is 1.69. The molecule has 1 N–H and O–H groups in total. The van der Waals surface area contributed by atoms with Crippen molar-refractivity contribution in [1.29, 1.82) is 0 Å². The van der Waals surface area contributed by atoms with E-state index in [4.69, 9.17) is 4.74 Å². The quantitative estimate of drug-likeness (QED) is 0.912. The maximum atomic E-state index is 9.78. The van der Waals surface area contributed by atoms with Gasteiger partial charge in [-0.2, -0.15) is 0 Å². The van der Waals surface area contributed by atoms with E-state index in [1.807, 2.05) is 19.1 Å². The molecule has 1 aliphatic carbocycles. The number of benzene rings is 1. The number of hydrogen-bond donors (Lipinski definition) is 1. The Morgan fingerprint density at radius 3 is 2.95 bits per heavy atom. The fraction of sp³-hybridized carbons (Fsp3) is 0.647. The first kappa shape index (κ1) is 13.7. The number of rotatable bonds is 4. The van der Waals surface area contributed by atoms with Gasteiger partial charge in [0.05, 0.1) is 6.61 Å². The summed E-state index contributed by atoms with van der Waals surface area (Å²) in [5.74, 6) is 1.78. The Bertz CT molecular complexity index is 460. The molecule has 1 saturated carbocycles. The third kappa shape index (κ3) is 2.78. The van der Waals surface area contributed by atoms with E-state index in [0.717, 1.165) is 18.5 Å². The van der Waals surface area contributed by atoms with Gasteiger partial charge in [0.15, 0.2) is 11.5 Å². The first-order valence-electron chi connectivity index (χ1n) is 7.96. The van der Waals surface area contributed by atoms with Crippen LogP contribution in [-0.2, 0) is 6.54 Å². The zero-order valence-electron chi connectivity index (χ0n) is 12.3. The monoisotopic (exact) mass is 275 g/mol. The summed E-state index contributed by atoms with van der Waals surface area (Å²) in [4.78, 5) is 2.63. The van der Waals surface area contributed by atoms with Gasteiger partial charge in [-0.05, 0) is 56.3 Å². The van der Waals surface area contributed by atoms with Crippen LogP contribution in [0.1, 0.15) is 44.6 Å². The van der Waals surface area contributed by atoms with Gasteiger partial charge in [-0.25, -0.2) is 0 Å². The Morgan fingerprint density at radius 2 is 2.10 bits per heavy atom. The third-order valence-corrected chi connectivity index (χ3v) is 4.83. The smallest absolute Gasteiger partial charge is 0.161 e. The number of hydrogen-bond acceptors (Lipinski definition) is 3. The largest absolute Gasteiger partial charge is 0.504 e. The number of phenolic OH excluding ortho intramolecular Hbond substituents is 1. The Hall–Kier alpha value is -1.22. The molecule has 20 heavy (non-hydrogen) atoms. The van der Waals surface area contributed by atoms with Gasteiger partial charge in [-0.15, -0.1) is 0 Å². The minimum Gasteiger partial charge on any atom is -0.504 e. The van der Waals surface area contributed by atoms with Gasteiger partial charge in [0.25, 0.3) is 0 Å². The summed E-state index contributed by atoms with van der Waals surface area (Å²) in [6, 6.07) is 6.56. The average Bonchev–Trinajstić information content (AvgIpc) is 2.86. The maximum absolute atomic E-state index is 9.78. The van der Waals surface area contributed by atoms with E-state index in [0.29, 0.717) is 12.4 Å². The fourth-order valence-corrected chi connectivity index (χ4v) is 3.86. The molecule has 1 aliphatic heterocycles. The Morgan fingerprint density at radius 1 is 1.25 bits per heavy atom. The van der Waals surface area contributed by atoms with Gasteiger partial charge in [-0.3, -0.25) is 4.90 Å². The average molecular weight is 275 g/mol. The minimum atomic E-state index is 0.243. The number of likely N-dealkylation sites (tertiary alicyclic amines) is 1. The number of nitrogens with zero attached hydrogens (tertiary/aromatic N) is 1. The van der Waals surface area contributed by atoms with Crippen molar-refractivity contribution in [3.05, 3.63) is 23.8 Å². The lowest BCUT2D eigenvalue weighted by Gasteiger charge is -2.31. The topological polar surface area (TPSA) is 32.7 Å². The molecular formula is C17H25NO2. The summed E-state index contributed by atoms with van der Waals surface area (Å²) in [6.45, 7) is 4.74. The summed E-state index contributed by atoms with van der Waals surface area (Å²) >= 11 is 0. The molecule has 3 heteroatoms. The predicted molar refractivity (Wildman–Crippen MR) is 80.0 cm³/mol. The molecule has 0 aromatic heterocycles. The lowest BCUT2D eigenvalue weighted by atomic mass is 9.85. The highest BCUT2D eigenvalue weighted by Crippen LogP contribution is 2.37. The lowest BCUT2D eigenvalue weighted by Crippen LogP contribution is -2.34. The minimum absolute atomic E-state index is 0.243. The zero-order chi connectivity index (χ0) is 13.9. The van der Waals surface area contributed by atoms with Crippen molar-refractivity contribution in [3.8, 4) is 11.5 Å². The van der Waals surface area contributed by atoms with Crippen molar-refractivity contribution in [2.45, 2.75) is 51.6 Å². The number of ether oxygens (including phenoxy) is 1. The van der Waals surface area contributed by atoms with Gasteiger partial charge >= 0.3 is 0 Å². The molecule has 0 radical (unpaired) electrons. The maximum Gasteiger partial charge on any atom is 0.161 e. The van der Waals surface area contributed by atoms with Gasteiger partial charge < -0.3 is 9.84 Å². The van der Waals surface area contributed by atoms with Gasteiger partial charge in [0.2, 0.25) is 0 Å².